The third-order valence-electron chi connectivity index (χ3n) is 3.26. The second-order valence-electron chi connectivity index (χ2n) is 5.34. The fourth-order valence-corrected chi connectivity index (χ4v) is 2.00. The minimum atomic E-state index is 0.0507. The average molecular weight is 286 g/mol. The molecule has 0 saturated heterocycles. The number of hydrogen-bond acceptors (Lipinski definition) is 3. The molecule has 112 valence electrons. The smallest absolute Gasteiger partial charge is 0.220 e. The van der Waals surface area contributed by atoms with E-state index >= 15 is 0 Å². The van der Waals surface area contributed by atoms with Gasteiger partial charge in [-0.3, -0.25) is 4.79 Å². The molecular weight excluding hydrogens is 264 g/mol. The highest BCUT2D eigenvalue weighted by molar-refractivity contribution is 5.75. The number of nitrogens with one attached hydrogen (secondary N) is 1. The molecule has 0 saturated carbocycles. The van der Waals surface area contributed by atoms with Crippen LogP contribution in [-0.4, -0.2) is 21.5 Å². The number of hydrogen-bond donors (Lipinski definition) is 2. The molecule has 0 aliphatic rings. The van der Waals surface area contributed by atoms with E-state index in [1.165, 1.54) is 5.56 Å². The van der Waals surface area contributed by atoms with Gasteiger partial charge in [0.15, 0.2) is 0 Å². The molecule has 5 heteroatoms. The molecule has 0 fully saturated rings. The first-order valence-electron chi connectivity index (χ1n) is 7.19. The third kappa shape index (κ3) is 5.39. The Bertz CT molecular complexity index is 546. The van der Waals surface area contributed by atoms with Gasteiger partial charge in [0, 0.05) is 37.9 Å². The molecule has 21 heavy (non-hydrogen) atoms. The zero-order valence-electron chi connectivity index (χ0n) is 12.3. The Labute approximate surface area is 125 Å². The van der Waals surface area contributed by atoms with Crippen LogP contribution in [-0.2, 0) is 17.9 Å². The quantitative estimate of drug-likeness (QED) is 0.813. The van der Waals surface area contributed by atoms with E-state index in [4.69, 9.17) is 5.73 Å². The number of rotatable bonds is 7. The van der Waals surface area contributed by atoms with Crippen molar-refractivity contribution in [3.63, 3.8) is 0 Å². The topological polar surface area (TPSA) is 72.9 Å². The number of carbonyl (C=O) groups excluding carboxylic acids is 1. The largest absolute Gasteiger partial charge is 0.352 e. The maximum atomic E-state index is 11.6. The van der Waals surface area contributed by atoms with Gasteiger partial charge in [0.05, 0.1) is 6.33 Å². The van der Waals surface area contributed by atoms with E-state index < -0.39 is 0 Å². The maximum Gasteiger partial charge on any atom is 0.220 e. The molecule has 0 radical (unpaired) electrons. The molecule has 1 aromatic carbocycles. The van der Waals surface area contributed by atoms with Crippen molar-refractivity contribution in [2.75, 3.05) is 0 Å². The predicted molar refractivity (Wildman–Crippen MR) is 82.5 cm³/mol. The summed E-state index contributed by atoms with van der Waals surface area (Å²) in [6.07, 6.45) is 6.71. The van der Waals surface area contributed by atoms with E-state index in [2.05, 4.69) is 22.4 Å². The molecule has 1 heterocycles. The van der Waals surface area contributed by atoms with Crippen molar-refractivity contribution in [2.24, 2.45) is 5.73 Å². The van der Waals surface area contributed by atoms with Crippen LogP contribution >= 0.6 is 0 Å². The van der Waals surface area contributed by atoms with Crippen LogP contribution in [0, 0.1) is 0 Å². The van der Waals surface area contributed by atoms with Gasteiger partial charge in [-0.15, -0.1) is 0 Å². The Hall–Kier alpha value is -2.14. The van der Waals surface area contributed by atoms with Gasteiger partial charge in [0.2, 0.25) is 5.91 Å². The summed E-state index contributed by atoms with van der Waals surface area (Å²) in [6, 6.07) is 8.29. The summed E-state index contributed by atoms with van der Waals surface area (Å²) in [6.45, 7) is 3.27. The van der Waals surface area contributed by atoms with E-state index in [1.807, 2.05) is 29.8 Å². The zero-order valence-corrected chi connectivity index (χ0v) is 12.3. The molecule has 0 bridgehead atoms. The van der Waals surface area contributed by atoms with Crippen molar-refractivity contribution in [3.8, 4) is 0 Å². The van der Waals surface area contributed by atoms with E-state index in [-0.39, 0.29) is 11.9 Å². The van der Waals surface area contributed by atoms with Gasteiger partial charge in [-0.1, -0.05) is 24.3 Å². The molecule has 1 unspecified atom stereocenters. The fourth-order valence-electron chi connectivity index (χ4n) is 2.00. The van der Waals surface area contributed by atoms with Gasteiger partial charge in [-0.05, 0) is 24.5 Å². The lowest BCUT2D eigenvalue weighted by Crippen LogP contribution is -2.25. The van der Waals surface area contributed by atoms with Crippen LogP contribution in [0.25, 0.3) is 0 Å². The highest BCUT2D eigenvalue weighted by atomic mass is 16.1. The maximum absolute atomic E-state index is 11.6. The Balaban J connectivity index is 1.78. The van der Waals surface area contributed by atoms with Crippen LogP contribution in [0.15, 0.2) is 43.0 Å². The summed E-state index contributed by atoms with van der Waals surface area (Å²) in [5, 5.41) is 2.91. The molecule has 1 amide bonds. The van der Waals surface area contributed by atoms with Crippen molar-refractivity contribution in [1.29, 1.82) is 0 Å². The Kier molecular flexibility index (Phi) is 5.51. The summed E-state index contributed by atoms with van der Waals surface area (Å²) < 4.78 is 2.02. The SMILES string of the molecule is CC(N)CCC(=O)NCc1ccc(Cn2ccnc2)cc1. The monoisotopic (exact) mass is 286 g/mol. The van der Waals surface area contributed by atoms with Crippen molar-refractivity contribution in [1.82, 2.24) is 14.9 Å². The van der Waals surface area contributed by atoms with Crippen molar-refractivity contribution < 1.29 is 4.79 Å². The van der Waals surface area contributed by atoms with Crippen LogP contribution in [0.3, 0.4) is 0 Å². The molecule has 3 N–H and O–H groups in total. The molecule has 2 aromatic rings. The first-order valence-corrected chi connectivity index (χ1v) is 7.19. The van der Waals surface area contributed by atoms with Gasteiger partial charge in [0.1, 0.15) is 0 Å². The lowest BCUT2D eigenvalue weighted by molar-refractivity contribution is -0.121. The van der Waals surface area contributed by atoms with Crippen LogP contribution in [0.5, 0.6) is 0 Å². The van der Waals surface area contributed by atoms with Crippen molar-refractivity contribution >= 4 is 5.91 Å². The van der Waals surface area contributed by atoms with E-state index in [9.17, 15) is 4.79 Å². The highest BCUT2D eigenvalue weighted by Crippen LogP contribution is 2.06. The summed E-state index contributed by atoms with van der Waals surface area (Å²) in [4.78, 5) is 15.6. The number of imidazole rings is 1. The number of aromatic nitrogens is 2. The molecule has 5 nitrogen and oxygen atoms in total. The first kappa shape index (κ1) is 15.3. The average Bonchev–Trinajstić information content (AvgIpc) is 2.97. The van der Waals surface area contributed by atoms with Crippen molar-refractivity contribution in [2.45, 2.75) is 38.9 Å². The summed E-state index contributed by atoms with van der Waals surface area (Å²) in [7, 11) is 0. The number of nitrogens with zero attached hydrogens (tertiary/aromatic N) is 2. The van der Waals surface area contributed by atoms with Gasteiger partial charge < -0.3 is 15.6 Å². The molecule has 1 aromatic heterocycles. The second kappa shape index (κ2) is 7.59. The van der Waals surface area contributed by atoms with E-state index in [0.717, 1.165) is 18.5 Å². The Morgan fingerprint density at radius 3 is 2.67 bits per heavy atom. The summed E-state index contributed by atoms with van der Waals surface area (Å²) in [5.41, 5.74) is 7.94. The fraction of sp³-hybridized carbons (Fsp3) is 0.375. The molecule has 1 atom stereocenters. The third-order valence-corrected chi connectivity index (χ3v) is 3.26. The Morgan fingerprint density at radius 2 is 2.05 bits per heavy atom. The van der Waals surface area contributed by atoms with Crippen molar-refractivity contribution in [3.05, 3.63) is 54.1 Å². The molecule has 0 aliphatic carbocycles. The number of amides is 1. The van der Waals surface area contributed by atoms with Crippen LogP contribution in [0.1, 0.15) is 30.9 Å². The number of carbonyl (C=O) groups is 1. The van der Waals surface area contributed by atoms with Gasteiger partial charge in [0.25, 0.3) is 0 Å². The van der Waals surface area contributed by atoms with E-state index in [0.29, 0.717) is 13.0 Å². The standard InChI is InChI=1S/C16H22N4O/c1-13(17)2-7-16(21)19-10-14-3-5-15(6-4-14)11-20-9-8-18-12-20/h3-6,8-9,12-13H,2,7,10-11,17H2,1H3,(H,19,21). The first-order chi connectivity index (χ1) is 10.1. The van der Waals surface area contributed by atoms with Crippen LogP contribution in [0.2, 0.25) is 0 Å². The minimum absolute atomic E-state index is 0.0507. The number of nitrogens with two attached hydrogens (primary N) is 1. The Morgan fingerprint density at radius 1 is 1.33 bits per heavy atom. The molecular formula is C16H22N4O. The summed E-state index contributed by atoms with van der Waals surface area (Å²) >= 11 is 0. The zero-order chi connectivity index (χ0) is 15.1. The van der Waals surface area contributed by atoms with Gasteiger partial charge in [-0.25, -0.2) is 4.98 Å². The van der Waals surface area contributed by atoms with Crippen LogP contribution < -0.4 is 11.1 Å². The van der Waals surface area contributed by atoms with Gasteiger partial charge in [-0.2, -0.15) is 0 Å². The molecule has 2 rings (SSSR count). The molecule has 0 spiro atoms. The lowest BCUT2D eigenvalue weighted by atomic mass is 10.1. The highest BCUT2D eigenvalue weighted by Gasteiger charge is 2.03. The molecule has 0 aliphatic heterocycles. The van der Waals surface area contributed by atoms with Gasteiger partial charge >= 0.3 is 0 Å². The normalized spacial score (nSPS) is 12.1. The number of benzene rings is 1. The predicted octanol–water partition coefficient (Wildman–Crippen LogP) is 1.67. The lowest BCUT2D eigenvalue weighted by Gasteiger charge is -2.08. The second-order valence-corrected chi connectivity index (χ2v) is 5.34. The minimum Gasteiger partial charge on any atom is -0.352 e. The van der Waals surface area contributed by atoms with Crippen LogP contribution in [0.4, 0.5) is 0 Å². The summed E-state index contributed by atoms with van der Waals surface area (Å²) in [5.74, 6) is 0.0507. The van der Waals surface area contributed by atoms with E-state index in [1.54, 1.807) is 12.5 Å².